The zero-order valence-corrected chi connectivity index (χ0v) is 11.1. The lowest BCUT2D eigenvalue weighted by atomic mass is 9.64. The van der Waals surface area contributed by atoms with Gasteiger partial charge < -0.3 is 10.4 Å². The van der Waals surface area contributed by atoms with E-state index in [1.807, 2.05) is 0 Å². The lowest BCUT2D eigenvalue weighted by Crippen LogP contribution is -2.67. The molecule has 2 nitrogen and oxygen atoms in total. The van der Waals surface area contributed by atoms with Crippen molar-refractivity contribution in [2.45, 2.75) is 82.9 Å². The van der Waals surface area contributed by atoms with Gasteiger partial charge in [0.2, 0.25) is 0 Å². The summed E-state index contributed by atoms with van der Waals surface area (Å²) in [5.41, 5.74) is 0.365. The summed E-state index contributed by atoms with van der Waals surface area (Å²) in [6.07, 6.45) is 8.42. The van der Waals surface area contributed by atoms with Gasteiger partial charge in [-0.15, -0.1) is 0 Å². The highest BCUT2D eigenvalue weighted by Gasteiger charge is 2.49. The fourth-order valence-corrected chi connectivity index (χ4v) is 3.77. The van der Waals surface area contributed by atoms with Crippen LogP contribution in [0, 0.1) is 5.92 Å². The second-order valence-corrected chi connectivity index (χ2v) is 6.32. The lowest BCUT2D eigenvalue weighted by Gasteiger charge is -2.55. The molecule has 0 aromatic heterocycles. The maximum atomic E-state index is 10.3. The second kappa shape index (κ2) is 4.30. The van der Waals surface area contributed by atoms with Crippen LogP contribution in [-0.4, -0.2) is 22.3 Å². The van der Waals surface area contributed by atoms with Crippen molar-refractivity contribution in [3.63, 3.8) is 0 Å². The summed E-state index contributed by atoms with van der Waals surface area (Å²) in [7, 11) is 0. The molecule has 1 saturated heterocycles. The number of nitrogens with one attached hydrogen (secondary N) is 1. The Morgan fingerprint density at radius 3 is 2.44 bits per heavy atom. The summed E-state index contributed by atoms with van der Waals surface area (Å²) in [6, 6.07) is 0. The third-order valence-corrected chi connectivity index (χ3v) is 5.19. The fourth-order valence-electron chi connectivity index (χ4n) is 3.77. The zero-order valence-electron chi connectivity index (χ0n) is 11.1. The quantitative estimate of drug-likeness (QED) is 0.719. The van der Waals surface area contributed by atoms with E-state index in [2.05, 4.69) is 26.1 Å². The Morgan fingerprint density at radius 2 is 1.88 bits per heavy atom. The fraction of sp³-hybridized carbons (Fsp3) is 1.00. The van der Waals surface area contributed by atoms with Gasteiger partial charge in [0, 0.05) is 17.0 Å². The highest BCUT2D eigenvalue weighted by molar-refractivity contribution is 5.07. The number of rotatable bonds is 1. The number of piperidine rings is 1. The standard InChI is InChI=1S/C14H27NO/c1-4-13(3)10-12(16)11(2)14(15-13)8-6-5-7-9-14/h11-12,15-16H,4-10H2,1-3H3. The van der Waals surface area contributed by atoms with Crippen LogP contribution in [0.2, 0.25) is 0 Å². The van der Waals surface area contributed by atoms with E-state index in [0.29, 0.717) is 5.92 Å². The predicted molar refractivity (Wildman–Crippen MR) is 67.4 cm³/mol. The molecule has 2 aliphatic rings. The van der Waals surface area contributed by atoms with Gasteiger partial charge in [0.05, 0.1) is 6.10 Å². The zero-order chi connectivity index (χ0) is 11.8. The molecule has 0 bridgehead atoms. The minimum atomic E-state index is -0.121. The van der Waals surface area contributed by atoms with Crippen LogP contribution in [0.3, 0.4) is 0 Å². The first-order valence-electron chi connectivity index (χ1n) is 6.99. The normalized spacial score (nSPS) is 43.5. The Morgan fingerprint density at radius 1 is 1.25 bits per heavy atom. The average Bonchev–Trinajstić information content (AvgIpc) is 2.27. The van der Waals surface area contributed by atoms with Crippen molar-refractivity contribution in [2.75, 3.05) is 0 Å². The Hall–Kier alpha value is -0.0800. The van der Waals surface area contributed by atoms with Crippen LogP contribution in [0.1, 0.15) is 65.7 Å². The molecular weight excluding hydrogens is 198 g/mol. The molecule has 2 heteroatoms. The summed E-state index contributed by atoms with van der Waals surface area (Å²) in [5.74, 6) is 0.410. The van der Waals surface area contributed by atoms with Gasteiger partial charge in [0.25, 0.3) is 0 Å². The van der Waals surface area contributed by atoms with Crippen molar-refractivity contribution in [2.24, 2.45) is 5.92 Å². The summed E-state index contributed by atoms with van der Waals surface area (Å²) >= 11 is 0. The molecule has 3 unspecified atom stereocenters. The van der Waals surface area contributed by atoms with Crippen molar-refractivity contribution in [3.8, 4) is 0 Å². The summed E-state index contributed by atoms with van der Waals surface area (Å²) in [6.45, 7) is 6.74. The SMILES string of the molecule is CCC1(C)CC(O)C(C)C2(CCCCC2)N1. The van der Waals surface area contributed by atoms with E-state index in [-0.39, 0.29) is 17.2 Å². The molecule has 0 aromatic carbocycles. The van der Waals surface area contributed by atoms with Crippen molar-refractivity contribution in [1.82, 2.24) is 5.32 Å². The molecule has 2 fully saturated rings. The van der Waals surface area contributed by atoms with Gasteiger partial charge in [-0.2, -0.15) is 0 Å². The first-order valence-corrected chi connectivity index (χ1v) is 6.99. The molecule has 0 amide bonds. The molecular formula is C14H27NO. The van der Waals surface area contributed by atoms with E-state index in [0.717, 1.165) is 12.8 Å². The number of hydrogen-bond donors (Lipinski definition) is 2. The molecule has 1 spiro atoms. The summed E-state index contributed by atoms with van der Waals surface area (Å²) in [5, 5.41) is 14.2. The maximum absolute atomic E-state index is 10.3. The Kier molecular flexibility index (Phi) is 3.33. The number of aliphatic hydroxyl groups excluding tert-OH is 1. The van der Waals surface area contributed by atoms with Crippen LogP contribution < -0.4 is 5.32 Å². The Bertz CT molecular complexity index is 247. The number of aliphatic hydroxyl groups is 1. The average molecular weight is 225 g/mol. The van der Waals surface area contributed by atoms with Crippen molar-refractivity contribution in [3.05, 3.63) is 0 Å². The molecule has 1 aliphatic heterocycles. The van der Waals surface area contributed by atoms with Crippen LogP contribution in [-0.2, 0) is 0 Å². The van der Waals surface area contributed by atoms with E-state index in [1.165, 1.54) is 32.1 Å². The molecule has 2 rings (SSSR count). The van der Waals surface area contributed by atoms with Gasteiger partial charge in [-0.1, -0.05) is 33.1 Å². The van der Waals surface area contributed by atoms with Crippen LogP contribution in [0.25, 0.3) is 0 Å². The van der Waals surface area contributed by atoms with E-state index in [4.69, 9.17) is 0 Å². The van der Waals surface area contributed by atoms with E-state index in [1.54, 1.807) is 0 Å². The lowest BCUT2D eigenvalue weighted by molar-refractivity contribution is -0.0478. The number of hydrogen-bond acceptors (Lipinski definition) is 2. The largest absolute Gasteiger partial charge is 0.393 e. The molecule has 0 radical (unpaired) electrons. The molecule has 1 aliphatic carbocycles. The Balaban J connectivity index is 2.21. The van der Waals surface area contributed by atoms with Gasteiger partial charge >= 0.3 is 0 Å². The van der Waals surface area contributed by atoms with Crippen molar-refractivity contribution in [1.29, 1.82) is 0 Å². The van der Waals surface area contributed by atoms with Crippen LogP contribution in [0.5, 0.6) is 0 Å². The molecule has 1 saturated carbocycles. The summed E-state index contributed by atoms with van der Waals surface area (Å²) in [4.78, 5) is 0. The first-order chi connectivity index (χ1) is 7.51. The molecule has 94 valence electrons. The minimum absolute atomic E-state index is 0.121. The van der Waals surface area contributed by atoms with Gasteiger partial charge in [0.15, 0.2) is 0 Å². The maximum Gasteiger partial charge on any atom is 0.0600 e. The third kappa shape index (κ3) is 2.02. The van der Waals surface area contributed by atoms with E-state index in [9.17, 15) is 5.11 Å². The van der Waals surface area contributed by atoms with Crippen LogP contribution in [0.15, 0.2) is 0 Å². The molecule has 3 atom stereocenters. The van der Waals surface area contributed by atoms with Crippen LogP contribution in [0.4, 0.5) is 0 Å². The van der Waals surface area contributed by atoms with E-state index >= 15 is 0 Å². The highest BCUT2D eigenvalue weighted by atomic mass is 16.3. The van der Waals surface area contributed by atoms with Gasteiger partial charge in [-0.05, 0) is 32.6 Å². The molecule has 0 aromatic rings. The van der Waals surface area contributed by atoms with Crippen molar-refractivity contribution < 1.29 is 5.11 Å². The topological polar surface area (TPSA) is 32.3 Å². The minimum Gasteiger partial charge on any atom is -0.393 e. The molecule has 1 heterocycles. The van der Waals surface area contributed by atoms with E-state index < -0.39 is 0 Å². The summed E-state index contributed by atoms with van der Waals surface area (Å²) < 4.78 is 0. The molecule has 2 N–H and O–H groups in total. The van der Waals surface area contributed by atoms with Crippen molar-refractivity contribution >= 4 is 0 Å². The predicted octanol–water partition coefficient (Wildman–Crippen LogP) is 2.85. The van der Waals surface area contributed by atoms with Gasteiger partial charge in [0.1, 0.15) is 0 Å². The van der Waals surface area contributed by atoms with Gasteiger partial charge in [-0.25, -0.2) is 0 Å². The first kappa shape index (κ1) is 12.4. The van der Waals surface area contributed by atoms with Gasteiger partial charge in [-0.3, -0.25) is 0 Å². The monoisotopic (exact) mass is 225 g/mol. The molecule has 16 heavy (non-hydrogen) atoms. The highest BCUT2D eigenvalue weighted by Crippen LogP contribution is 2.43. The Labute approximate surface area is 99.8 Å². The third-order valence-electron chi connectivity index (χ3n) is 5.19. The van der Waals surface area contributed by atoms with Crippen LogP contribution >= 0.6 is 0 Å². The second-order valence-electron chi connectivity index (χ2n) is 6.32. The smallest absolute Gasteiger partial charge is 0.0600 e.